The molecule has 1 fully saturated rings. The van der Waals surface area contributed by atoms with Crippen LogP contribution in [0.5, 0.6) is 5.88 Å². The Morgan fingerprint density at radius 2 is 1.85 bits per heavy atom. The molecule has 1 saturated heterocycles. The number of hydrogen-bond acceptors (Lipinski definition) is 7. The summed E-state index contributed by atoms with van der Waals surface area (Å²) in [6, 6.07) is 14.7. The predicted molar refractivity (Wildman–Crippen MR) is 127 cm³/mol. The van der Waals surface area contributed by atoms with E-state index in [2.05, 4.69) is 32.2 Å². The molecule has 1 aromatic heterocycles. The summed E-state index contributed by atoms with van der Waals surface area (Å²) in [7, 11) is 2.10. The normalized spacial score (nSPS) is 15.7. The maximum atomic E-state index is 12.1. The fraction of sp³-hybridized carbons (Fsp3) is 0.304. The van der Waals surface area contributed by atoms with Gasteiger partial charge in [-0.3, -0.25) is 14.3 Å². The first-order valence-corrected chi connectivity index (χ1v) is 11.0. The minimum absolute atomic E-state index is 0.0238. The predicted octanol–water partition coefficient (Wildman–Crippen LogP) is 3.87. The lowest BCUT2D eigenvalue weighted by Crippen LogP contribution is -2.44. The number of rotatable bonds is 7. The van der Waals surface area contributed by atoms with E-state index in [0.717, 1.165) is 37.1 Å². The van der Waals surface area contributed by atoms with Crippen molar-refractivity contribution in [2.24, 2.45) is 15.4 Å². The number of nitrogens with zero attached hydrogens (tertiary/aromatic N) is 6. The SMILES string of the molecule is CN1CCN(Cn2c(O)c(N=NC(=O)CO/N=C/c3ccccc3Cl)c3ccccc32)CC1. The number of hydrogen-bond donors (Lipinski definition) is 1. The Balaban J connectivity index is 1.44. The van der Waals surface area contributed by atoms with Gasteiger partial charge in [0.15, 0.2) is 12.3 Å². The summed E-state index contributed by atoms with van der Waals surface area (Å²) in [5, 5.41) is 23.6. The Hall–Kier alpha value is -3.27. The lowest BCUT2D eigenvalue weighted by atomic mass is 10.2. The number of piperazine rings is 1. The van der Waals surface area contributed by atoms with Gasteiger partial charge >= 0.3 is 5.91 Å². The zero-order valence-corrected chi connectivity index (χ0v) is 19.0. The molecule has 2 aromatic carbocycles. The summed E-state index contributed by atoms with van der Waals surface area (Å²) in [6.45, 7) is 3.91. The van der Waals surface area contributed by atoms with Crippen LogP contribution in [0, 0.1) is 0 Å². The quantitative estimate of drug-likeness (QED) is 0.322. The van der Waals surface area contributed by atoms with Gasteiger partial charge in [-0.15, -0.1) is 10.2 Å². The number of para-hydroxylation sites is 1. The van der Waals surface area contributed by atoms with Crippen molar-refractivity contribution in [2.75, 3.05) is 39.8 Å². The number of aromatic nitrogens is 1. The number of oxime groups is 1. The second-order valence-electron chi connectivity index (χ2n) is 7.80. The molecule has 1 N–H and O–H groups in total. The fourth-order valence-electron chi connectivity index (χ4n) is 3.60. The van der Waals surface area contributed by atoms with Crippen LogP contribution in [0.15, 0.2) is 63.9 Å². The first kappa shape index (κ1) is 22.9. The third-order valence-electron chi connectivity index (χ3n) is 5.48. The lowest BCUT2D eigenvalue weighted by molar-refractivity contribution is -0.122. The summed E-state index contributed by atoms with van der Waals surface area (Å²) in [4.78, 5) is 21.7. The van der Waals surface area contributed by atoms with E-state index in [1.807, 2.05) is 36.4 Å². The van der Waals surface area contributed by atoms with Crippen LogP contribution in [-0.4, -0.2) is 71.4 Å². The van der Waals surface area contributed by atoms with E-state index in [0.29, 0.717) is 17.3 Å². The van der Waals surface area contributed by atoms with Gasteiger partial charge in [0.05, 0.1) is 18.4 Å². The molecule has 33 heavy (non-hydrogen) atoms. The number of halogens is 1. The van der Waals surface area contributed by atoms with Crippen molar-refractivity contribution >= 4 is 40.3 Å². The standard InChI is InChI=1S/C23H25ClN6O3/c1-28-10-12-29(13-11-28)16-30-20-9-5-3-7-18(20)22(23(30)32)27-26-21(31)15-33-25-14-17-6-2-4-8-19(17)24/h2-9,14,32H,10-13,15-16H2,1H3/b25-14+,27-26?. The number of carbonyl (C=O) groups excluding carboxylic acids is 1. The Morgan fingerprint density at radius 1 is 1.12 bits per heavy atom. The maximum Gasteiger partial charge on any atom is 0.304 e. The van der Waals surface area contributed by atoms with Crippen LogP contribution in [0.25, 0.3) is 10.9 Å². The van der Waals surface area contributed by atoms with Crippen LogP contribution >= 0.6 is 11.6 Å². The van der Waals surface area contributed by atoms with Crippen LogP contribution in [0.3, 0.4) is 0 Å². The second-order valence-corrected chi connectivity index (χ2v) is 8.21. The van der Waals surface area contributed by atoms with Crippen LogP contribution in [0.4, 0.5) is 5.69 Å². The minimum Gasteiger partial charge on any atom is -0.493 e. The average molecular weight is 469 g/mol. The Kier molecular flexibility index (Phi) is 7.33. The molecule has 9 nitrogen and oxygen atoms in total. The Bertz CT molecular complexity index is 1180. The van der Waals surface area contributed by atoms with Crippen molar-refractivity contribution in [1.29, 1.82) is 0 Å². The van der Waals surface area contributed by atoms with Crippen LogP contribution in [0.2, 0.25) is 5.02 Å². The third-order valence-corrected chi connectivity index (χ3v) is 5.82. The number of amides is 1. The highest BCUT2D eigenvalue weighted by Gasteiger charge is 2.20. The van der Waals surface area contributed by atoms with Crippen LogP contribution in [-0.2, 0) is 16.3 Å². The number of fused-ring (bicyclic) bond motifs is 1. The second kappa shape index (κ2) is 10.6. The van der Waals surface area contributed by atoms with E-state index in [1.54, 1.807) is 16.7 Å². The summed E-state index contributed by atoms with van der Waals surface area (Å²) in [5.74, 6) is -0.647. The molecule has 0 radical (unpaired) electrons. The fourth-order valence-corrected chi connectivity index (χ4v) is 3.79. The van der Waals surface area contributed by atoms with E-state index in [9.17, 15) is 9.90 Å². The molecule has 0 atom stereocenters. The van der Waals surface area contributed by atoms with Gasteiger partial charge < -0.3 is 14.8 Å². The molecule has 4 rings (SSSR count). The first-order chi connectivity index (χ1) is 16.0. The van der Waals surface area contributed by atoms with E-state index >= 15 is 0 Å². The van der Waals surface area contributed by atoms with Gasteiger partial charge in [-0.05, 0) is 19.2 Å². The monoisotopic (exact) mass is 468 g/mol. The number of benzene rings is 2. The molecule has 0 aliphatic carbocycles. The Morgan fingerprint density at radius 3 is 2.64 bits per heavy atom. The van der Waals surface area contributed by atoms with Crippen molar-refractivity contribution in [2.45, 2.75) is 6.67 Å². The molecule has 1 aliphatic rings. The molecule has 10 heteroatoms. The molecule has 3 aromatic rings. The highest BCUT2D eigenvalue weighted by molar-refractivity contribution is 6.33. The van der Waals surface area contributed by atoms with Crippen molar-refractivity contribution in [1.82, 2.24) is 14.4 Å². The van der Waals surface area contributed by atoms with Gasteiger partial charge in [0, 0.05) is 42.2 Å². The zero-order chi connectivity index (χ0) is 23.2. The molecule has 0 unspecified atom stereocenters. The largest absolute Gasteiger partial charge is 0.493 e. The van der Waals surface area contributed by atoms with Gasteiger partial charge in [-0.2, -0.15) is 0 Å². The molecule has 1 aliphatic heterocycles. The van der Waals surface area contributed by atoms with Crippen LogP contribution < -0.4 is 0 Å². The maximum absolute atomic E-state index is 12.1. The van der Waals surface area contributed by atoms with Gasteiger partial charge in [0.1, 0.15) is 0 Å². The van der Waals surface area contributed by atoms with Gasteiger partial charge in [0.2, 0.25) is 5.88 Å². The molecule has 0 bridgehead atoms. The van der Waals surface area contributed by atoms with Crippen molar-refractivity contribution in [3.05, 3.63) is 59.1 Å². The molecule has 0 saturated carbocycles. The topological polar surface area (TPSA) is 95.0 Å². The van der Waals surface area contributed by atoms with Gasteiger partial charge in [-0.1, -0.05) is 53.2 Å². The van der Waals surface area contributed by atoms with Gasteiger partial charge in [-0.25, -0.2) is 0 Å². The number of aromatic hydroxyl groups is 1. The van der Waals surface area contributed by atoms with E-state index in [1.165, 1.54) is 6.21 Å². The molecule has 2 heterocycles. The molecule has 0 spiro atoms. The van der Waals surface area contributed by atoms with E-state index in [4.69, 9.17) is 16.4 Å². The Labute approximate surface area is 196 Å². The molecular weight excluding hydrogens is 444 g/mol. The van der Waals surface area contributed by atoms with Crippen LogP contribution in [0.1, 0.15) is 5.56 Å². The van der Waals surface area contributed by atoms with E-state index < -0.39 is 5.91 Å². The lowest BCUT2D eigenvalue weighted by Gasteiger charge is -2.32. The number of carbonyl (C=O) groups is 1. The third kappa shape index (κ3) is 5.57. The summed E-state index contributed by atoms with van der Waals surface area (Å²) < 4.78 is 1.80. The highest BCUT2D eigenvalue weighted by atomic mass is 35.5. The summed E-state index contributed by atoms with van der Waals surface area (Å²) >= 11 is 6.04. The summed E-state index contributed by atoms with van der Waals surface area (Å²) in [6.07, 6.45) is 1.42. The molecule has 1 amide bonds. The molecular formula is C23H25ClN6O3. The van der Waals surface area contributed by atoms with Gasteiger partial charge in [0.25, 0.3) is 0 Å². The van der Waals surface area contributed by atoms with E-state index in [-0.39, 0.29) is 18.2 Å². The molecule has 172 valence electrons. The first-order valence-electron chi connectivity index (χ1n) is 10.6. The highest BCUT2D eigenvalue weighted by Crippen LogP contribution is 2.39. The van der Waals surface area contributed by atoms with Crippen molar-refractivity contribution < 1.29 is 14.7 Å². The zero-order valence-electron chi connectivity index (χ0n) is 18.3. The van der Waals surface area contributed by atoms with Crippen molar-refractivity contribution in [3.63, 3.8) is 0 Å². The minimum atomic E-state index is -0.624. The average Bonchev–Trinajstić information content (AvgIpc) is 3.08. The van der Waals surface area contributed by atoms with Crippen molar-refractivity contribution in [3.8, 4) is 5.88 Å². The number of azo groups is 1. The number of likely N-dealkylation sites (N-methyl/N-ethyl adjacent to an activating group) is 1. The smallest absolute Gasteiger partial charge is 0.304 e. The summed E-state index contributed by atoms with van der Waals surface area (Å²) in [5.41, 5.74) is 1.76.